The van der Waals surface area contributed by atoms with E-state index in [4.69, 9.17) is 19.9 Å². The maximum Gasteiger partial charge on any atom is 0.254 e. The lowest BCUT2D eigenvalue weighted by molar-refractivity contribution is 0.0992. The van der Waals surface area contributed by atoms with Crippen molar-refractivity contribution in [3.63, 3.8) is 0 Å². The Hall–Kier alpha value is -2.78. The van der Waals surface area contributed by atoms with E-state index >= 15 is 0 Å². The lowest BCUT2D eigenvalue weighted by Crippen LogP contribution is -2.42. The van der Waals surface area contributed by atoms with Crippen LogP contribution in [0.1, 0.15) is 23.2 Å². The summed E-state index contributed by atoms with van der Waals surface area (Å²) in [6, 6.07) is 12.2. The van der Waals surface area contributed by atoms with E-state index in [0.717, 1.165) is 5.75 Å². The molecule has 0 aliphatic carbocycles. The minimum absolute atomic E-state index is 0.00312. The molecular formula is C20H24N2O6S. The number of nitrogens with zero attached hydrogens (tertiary/aromatic N) is 1. The molecule has 2 aromatic rings. The molecule has 156 valence electrons. The maximum absolute atomic E-state index is 13.2. The zero-order valence-electron chi connectivity index (χ0n) is 16.3. The third kappa shape index (κ3) is 4.30. The first kappa shape index (κ1) is 20.9. The molecule has 1 fully saturated rings. The Balaban J connectivity index is 1.82. The summed E-state index contributed by atoms with van der Waals surface area (Å²) >= 11 is 0. The van der Waals surface area contributed by atoms with E-state index < -0.39 is 15.9 Å². The summed E-state index contributed by atoms with van der Waals surface area (Å²) in [6.07, 6.45) is 0.991. The number of carbonyl (C=O) groups excluding carboxylic acids is 1. The third-order valence-corrected chi connectivity index (χ3v) is 6.76. The summed E-state index contributed by atoms with van der Waals surface area (Å²) in [5.41, 5.74) is 5.26. The van der Waals surface area contributed by atoms with Crippen molar-refractivity contribution in [1.29, 1.82) is 0 Å². The lowest BCUT2D eigenvalue weighted by atomic mass is 10.1. The van der Waals surface area contributed by atoms with Crippen LogP contribution in [0.5, 0.6) is 17.2 Å². The second-order valence-corrected chi connectivity index (χ2v) is 8.48. The molecule has 9 heteroatoms. The number of benzene rings is 2. The van der Waals surface area contributed by atoms with Gasteiger partial charge in [-0.1, -0.05) is 18.2 Å². The summed E-state index contributed by atoms with van der Waals surface area (Å²) in [6.45, 7) is 0.540. The molecule has 0 atom stereocenters. The number of amides is 1. The first-order valence-electron chi connectivity index (χ1n) is 9.15. The van der Waals surface area contributed by atoms with Crippen molar-refractivity contribution in [2.45, 2.75) is 23.8 Å². The van der Waals surface area contributed by atoms with E-state index in [2.05, 4.69) is 0 Å². The molecular weight excluding hydrogens is 396 g/mol. The highest BCUT2D eigenvalue weighted by atomic mass is 32.2. The van der Waals surface area contributed by atoms with E-state index in [1.807, 2.05) is 30.3 Å². The molecule has 3 rings (SSSR count). The second kappa shape index (κ2) is 8.71. The monoisotopic (exact) mass is 420 g/mol. The highest BCUT2D eigenvalue weighted by Crippen LogP contribution is 2.37. The smallest absolute Gasteiger partial charge is 0.254 e. The summed E-state index contributed by atoms with van der Waals surface area (Å²) in [7, 11) is -1.23. The van der Waals surface area contributed by atoms with Crippen molar-refractivity contribution >= 4 is 15.9 Å². The SMILES string of the molecule is COc1ccc(S(=O)(=O)N2CCC(Oc3ccccc3)CC2)c(C(N)=O)c1OC. The topological polar surface area (TPSA) is 108 Å². The number of rotatable bonds is 7. The Labute approximate surface area is 170 Å². The molecule has 0 saturated carbocycles. The predicted molar refractivity (Wildman–Crippen MR) is 107 cm³/mol. The van der Waals surface area contributed by atoms with Gasteiger partial charge in [-0.15, -0.1) is 0 Å². The molecule has 1 aliphatic rings. The number of para-hydroxylation sites is 1. The van der Waals surface area contributed by atoms with Gasteiger partial charge in [0.05, 0.1) is 19.1 Å². The van der Waals surface area contributed by atoms with Crippen LogP contribution in [-0.4, -0.2) is 52.0 Å². The standard InChI is InChI=1S/C20H24N2O6S/c1-26-16-8-9-17(18(20(21)23)19(16)27-2)29(24,25)22-12-10-15(11-13-22)28-14-6-4-3-5-7-14/h3-9,15H,10-13H2,1-2H3,(H2,21,23). The minimum Gasteiger partial charge on any atom is -0.493 e. The van der Waals surface area contributed by atoms with Crippen LogP contribution in [0.15, 0.2) is 47.4 Å². The fraction of sp³-hybridized carbons (Fsp3) is 0.350. The summed E-state index contributed by atoms with van der Waals surface area (Å²) in [4.78, 5) is 11.8. The molecule has 2 aromatic carbocycles. The van der Waals surface area contributed by atoms with Gasteiger partial charge >= 0.3 is 0 Å². The highest BCUT2D eigenvalue weighted by molar-refractivity contribution is 7.89. The lowest BCUT2D eigenvalue weighted by Gasteiger charge is -2.32. The van der Waals surface area contributed by atoms with Gasteiger partial charge in [0.25, 0.3) is 5.91 Å². The van der Waals surface area contributed by atoms with Crippen LogP contribution in [-0.2, 0) is 10.0 Å². The third-order valence-electron chi connectivity index (χ3n) is 4.82. The van der Waals surface area contributed by atoms with Crippen LogP contribution in [0.4, 0.5) is 0 Å². The van der Waals surface area contributed by atoms with Crippen molar-refractivity contribution in [3.8, 4) is 17.2 Å². The summed E-state index contributed by atoms with van der Waals surface area (Å²) < 4.78 is 44.1. The molecule has 0 unspecified atom stereocenters. The van der Waals surface area contributed by atoms with Gasteiger partial charge in [0, 0.05) is 13.1 Å². The van der Waals surface area contributed by atoms with Crippen LogP contribution in [0.25, 0.3) is 0 Å². The molecule has 1 amide bonds. The van der Waals surface area contributed by atoms with Crippen LogP contribution in [0.3, 0.4) is 0 Å². The number of nitrogens with two attached hydrogens (primary N) is 1. The van der Waals surface area contributed by atoms with Crippen LogP contribution in [0.2, 0.25) is 0 Å². The van der Waals surface area contributed by atoms with E-state index in [0.29, 0.717) is 12.8 Å². The van der Waals surface area contributed by atoms with Crippen molar-refractivity contribution in [2.24, 2.45) is 5.73 Å². The van der Waals surface area contributed by atoms with Crippen molar-refractivity contribution in [1.82, 2.24) is 4.31 Å². The zero-order valence-corrected chi connectivity index (χ0v) is 17.1. The van der Waals surface area contributed by atoms with Gasteiger partial charge in [0.1, 0.15) is 17.4 Å². The predicted octanol–water partition coefficient (Wildman–Crippen LogP) is 2.03. The molecule has 0 bridgehead atoms. The fourth-order valence-electron chi connectivity index (χ4n) is 3.38. The van der Waals surface area contributed by atoms with Crippen molar-refractivity contribution in [3.05, 3.63) is 48.0 Å². The average molecular weight is 420 g/mol. The first-order chi connectivity index (χ1) is 13.9. The van der Waals surface area contributed by atoms with Gasteiger partial charge in [0.15, 0.2) is 11.5 Å². The van der Waals surface area contributed by atoms with Gasteiger partial charge in [0.2, 0.25) is 10.0 Å². The molecule has 1 heterocycles. The number of sulfonamides is 1. The molecule has 1 saturated heterocycles. The van der Waals surface area contributed by atoms with E-state index in [-0.39, 0.29) is 41.2 Å². The summed E-state index contributed by atoms with van der Waals surface area (Å²) in [5.74, 6) is 0.0879. The number of hydrogen-bond donors (Lipinski definition) is 1. The Bertz CT molecular complexity index is 970. The van der Waals surface area contributed by atoms with Gasteiger partial charge in [-0.3, -0.25) is 4.79 Å². The highest BCUT2D eigenvalue weighted by Gasteiger charge is 2.34. The number of piperidine rings is 1. The van der Waals surface area contributed by atoms with Gasteiger partial charge in [-0.2, -0.15) is 4.31 Å². The average Bonchev–Trinajstić information content (AvgIpc) is 2.73. The first-order valence-corrected chi connectivity index (χ1v) is 10.6. The van der Waals surface area contributed by atoms with Gasteiger partial charge in [-0.05, 0) is 37.1 Å². The summed E-state index contributed by atoms with van der Waals surface area (Å²) in [5, 5.41) is 0. The Morgan fingerprint density at radius 1 is 1.03 bits per heavy atom. The van der Waals surface area contributed by atoms with Crippen molar-refractivity contribution in [2.75, 3.05) is 27.3 Å². The fourth-order valence-corrected chi connectivity index (χ4v) is 5.04. The molecule has 8 nitrogen and oxygen atoms in total. The van der Waals surface area contributed by atoms with Crippen LogP contribution < -0.4 is 19.9 Å². The second-order valence-electron chi connectivity index (χ2n) is 6.57. The Morgan fingerprint density at radius 2 is 1.69 bits per heavy atom. The maximum atomic E-state index is 13.2. The van der Waals surface area contributed by atoms with Crippen LogP contribution >= 0.6 is 0 Å². The van der Waals surface area contributed by atoms with Crippen LogP contribution in [0, 0.1) is 0 Å². The number of carbonyl (C=O) groups is 1. The Kier molecular flexibility index (Phi) is 6.29. The number of ether oxygens (including phenoxy) is 3. The number of primary amides is 1. The Morgan fingerprint density at radius 3 is 2.24 bits per heavy atom. The zero-order chi connectivity index (χ0) is 21.0. The molecule has 29 heavy (non-hydrogen) atoms. The largest absolute Gasteiger partial charge is 0.493 e. The molecule has 0 radical (unpaired) electrons. The van der Waals surface area contributed by atoms with E-state index in [1.165, 1.54) is 30.7 Å². The molecule has 0 aromatic heterocycles. The molecule has 2 N–H and O–H groups in total. The molecule has 0 spiro atoms. The quantitative estimate of drug-likeness (QED) is 0.734. The minimum atomic E-state index is -3.95. The van der Waals surface area contributed by atoms with Crippen molar-refractivity contribution < 1.29 is 27.4 Å². The van der Waals surface area contributed by atoms with E-state index in [1.54, 1.807) is 0 Å². The van der Waals surface area contributed by atoms with Gasteiger partial charge < -0.3 is 19.9 Å². The van der Waals surface area contributed by atoms with E-state index in [9.17, 15) is 13.2 Å². The molecule has 1 aliphatic heterocycles. The number of methoxy groups -OCH3 is 2. The van der Waals surface area contributed by atoms with Gasteiger partial charge in [-0.25, -0.2) is 8.42 Å². The number of hydrogen-bond acceptors (Lipinski definition) is 6. The normalized spacial score (nSPS) is 15.7.